The Labute approximate surface area is 122 Å². The molecule has 0 spiro atoms. The fourth-order valence-corrected chi connectivity index (χ4v) is 1.91. The summed E-state index contributed by atoms with van der Waals surface area (Å²) in [5.74, 6) is 0.718. The van der Waals surface area contributed by atoms with E-state index in [4.69, 9.17) is 15.2 Å². The largest absolute Gasteiger partial charge is 0.493 e. The first kappa shape index (κ1) is 14.7. The summed E-state index contributed by atoms with van der Waals surface area (Å²) in [5.41, 5.74) is 8.03. The van der Waals surface area contributed by atoms with E-state index < -0.39 is 0 Å². The number of amides is 1. The molecule has 7 heteroatoms. The van der Waals surface area contributed by atoms with Crippen molar-refractivity contribution in [2.24, 2.45) is 7.05 Å². The van der Waals surface area contributed by atoms with Gasteiger partial charge in [0.1, 0.15) is 0 Å². The number of aryl methyl sites for hydroxylation is 1. The van der Waals surface area contributed by atoms with Gasteiger partial charge in [0.15, 0.2) is 11.5 Å². The molecule has 0 saturated heterocycles. The predicted octanol–water partition coefficient (Wildman–Crippen LogP) is 1.58. The highest BCUT2D eigenvalue weighted by Gasteiger charge is 2.16. The number of nitrogen functional groups attached to an aromatic ring is 1. The number of hydrogen-bond acceptors (Lipinski definition) is 5. The number of anilines is 2. The van der Waals surface area contributed by atoms with Gasteiger partial charge in [0.05, 0.1) is 37.4 Å². The van der Waals surface area contributed by atoms with Crippen molar-refractivity contribution < 1.29 is 14.3 Å². The van der Waals surface area contributed by atoms with Crippen LogP contribution in [0.1, 0.15) is 16.1 Å². The van der Waals surface area contributed by atoms with Crippen molar-refractivity contribution in [3.8, 4) is 11.5 Å². The second kappa shape index (κ2) is 5.74. The van der Waals surface area contributed by atoms with Crippen molar-refractivity contribution in [3.63, 3.8) is 0 Å². The smallest absolute Gasteiger partial charge is 0.259 e. The molecule has 112 valence electrons. The molecule has 1 amide bonds. The van der Waals surface area contributed by atoms with Crippen molar-refractivity contribution in [1.82, 2.24) is 9.78 Å². The lowest BCUT2D eigenvalue weighted by Gasteiger charge is -2.13. The zero-order chi connectivity index (χ0) is 15.6. The van der Waals surface area contributed by atoms with Gasteiger partial charge in [-0.1, -0.05) is 0 Å². The van der Waals surface area contributed by atoms with E-state index in [0.29, 0.717) is 28.4 Å². The Hall–Kier alpha value is -2.70. The molecule has 0 aliphatic rings. The normalized spacial score (nSPS) is 10.3. The van der Waals surface area contributed by atoms with E-state index in [-0.39, 0.29) is 5.91 Å². The Bertz CT molecular complexity index is 679. The maximum Gasteiger partial charge on any atom is 0.259 e. The van der Waals surface area contributed by atoms with E-state index >= 15 is 0 Å². The topological polar surface area (TPSA) is 91.4 Å². The maximum atomic E-state index is 12.3. The number of benzene rings is 1. The zero-order valence-electron chi connectivity index (χ0n) is 12.4. The van der Waals surface area contributed by atoms with Gasteiger partial charge in [-0.3, -0.25) is 9.48 Å². The molecular weight excluding hydrogens is 272 g/mol. The average molecular weight is 290 g/mol. The molecule has 1 aromatic carbocycles. The van der Waals surface area contributed by atoms with Gasteiger partial charge in [-0.05, 0) is 6.92 Å². The van der Waals surface area contributed by atoms with Crippen LogP contribution in [0.4, 0.5) is 11.4 Å². The Morgan fingerprint density at radius 1 is 1.29 bits per heavy atom. The molecule has 7 nitrogen and oxygen atoms in total. The number of rotatable bonds is 4. The number of nitrogens with zero attached hydrogens (tertiary/aromatic N) is 2. The Morgan fingerprint density at radius 2 is 1.90 bits per heavy atom. The molecule has 0 aliphatic heterocycles. The van der Waals surface area contributed by atoms with Crippen LogP contribution < -0.4 is 20.5 Å². The number of carbonyl (C=O) groups excluding carboxylic acids is 1. The van der Waals surface area contributed by atoms with Crippen molar-refractivity contribution >= 4 is 17.3 Å². The summed E-state index contributed by atoms with van der Waals surface area (Å²) in [5, 5.41) is 6.80. The standard InChI is InChI=1S/C14H18N4O3/c1-8-9(7-16-18(8)2)14(19)17-11-6-13(21-4)12(20-3)5-10(11)15/h5-7H,15H2,1-4H3,(H,17,19). The van der Waals surface area contributed by atoms with Gasteiger partial charge in [0, 0.05) is 24.9 Å². The lowest BCUT2D eigenvalue weighted by atomic mass is 10.2. The third kappa shape index (κ3) is 2.76. The van der Waals surface area contributed by atoms with Gasteiger partial charge in [-0.25, -0.2) is 0 Å². The van der Waals surface area contributed by atoms with Crippen LogP contribution in [0.25, 0.3) is 0 Å². The van der Waals surface area contributed by atoms with Crippen LogP contribution in [0.5, 0.6) is 11.5 Å². The Balaban J connectivity index is 2.31. The van der Waals surface area contributed by atoms with Crippen LogP contribution in [-0.2, 0) is 7.05 Å². The molecule has 0 aliphatic carbocycles. The third-order valence-corrected chi connectivity index (χ3v) is 3.28. The Kier molecular flexibility index (Phi) is 4.02. The van der Waals surface area contributed by atoms with E-state index in [1.807, 2.05) is 6.92 Å². The number of hydrogen-bond donors (Lipinski definition) is 2. The molecule has 1 heterocycles. The van der Waals surface area contributed by atoms with Gasteiger partial charge >= 0.3 is 0 Å². The summed E-state index contributed by atoms with van der Waals surface area (Å²) in [4.78, 5) is 12.3. The number of nitrogens with two attached hydrogens (primary N) is 1. The summed E-state index contributed by atoms with van der Waals surface area (Å²) in [6.45, 7) is 1.82. The monoisotopic (exact) mass is 290 g/mol. The summed E-state index contributed by atoms with van der Waals surface area (Å²) in [7, 11) is 4.82. The Morgan fingerprint density at radius 3 is 2.43 bits per heavy atom. The summed E-state index contributed by atoms with van der Waals surface area (Å²) in [6, 6.07) is 3.22. The number of methoxy groups -OCH3 is 2. The number of carbonyl (C=O) groups is 1. The van der Waals surface area contributed by atoms with Gasteiger partial charge in [0.2, 0.25) is 0 Å². The van der Waals surface area contributed by atoms with Crippen LogP contribution in [0.3, 0.4) is 0 Å². The maximum absolute atomic E-state index is 12.3. The van der Waals surface area contributed by atoms with E-state index in [2.05, 4.69) is 10.4 Å². The molecule has 0 fully saturated rings. The molecule has 2 rings (SSSR count). The molecule has 0 bridgehead atoms. The highest BCUT2D eigenvalue weighted by molar-refractivity contribution is 6.06. The van der Waals surface area contributed by atoms with Crippen molar-refractivity contribution in [1.29, 1.82) is 0 Å². The first-order chi connectivity index (χ1) is 9.97. The first-order valence-electron chi connectivity index (χ1n) is 6.29. The van der Waals surface area contributed by atoms with E-state index in [1.165, 1.54) is 20.4 Å². The van der Waals surface area contributed by atoms with Crippen molar-refractivity contribution in [2.45, 2.75) is 6.92 Å². The van der Waals surface area contributed by atoms with Gasteiger partial charge < -0.3 is 20.5 Å². The molecule has 1 aromatic heterocycles. The second-order valence-corrected chi connectivity index (χ2v) is 4.52. The summed E-state index contributed by atoms with van der Waals surface area (Å²) in [6.07, 6.45) is 1.52. The molecule has 0 radical (unpaired) electrons. The summed E-state index contributed by atoms with van der Waals surface area (Å²) >= 11 is 0. The molecule has 3 N–H and O–H groups in total. The van der Waals surface area contributed by atoms with Crippen LogP contribution in [-0.4, -0.2) is 29.9 Å². The van der Waals surface area contributed by atoms with Gasteiger partial charge in [0.25, 0.3) is 5.91 Å². The van der Waals surface area contributed by atoms with E-state index in [9.17, 15) is 4.79 Å². The minimum absolute atomic E-state index is 0.278. The quantitative estimate of drug-likeness (QED) is 0.834. The van der Waals surface area contributed by atoms with Crippen LogP contribution in [0.15, 0.2) is 18.3 Å². The highest BCUT2D eigenvalue weighted by Crippen LogP contribution is 2.35. The lowest BCUT2D eigenvalue weighted by Crippen LogP contribution is -2.14. The molecular formula is C14H18N4O3. The number of aromatic nitrogens is 2. The molecule has 0 atom stereocenters. The fourth-order valence-electron chi connectivity index (χ4n) is 1.91. The minimum atomic E-state index is -0.278. The van der Waals surface area contributed by atoms with Gasteiger partial charge in [-0.2, -0.15) is 5.10 Å². The lowest BCUT2D eigenvalue weighted by molar-refractivity contribution is 0.102. The average Bonchev–Trinajstić information content (AvgIpc) is 2.80. The van der Waals surface area contributed by atoms with Gasteiger partial charge in [-0.15, -0.1) is 0 Å². The van der Waals surface area contributed by atoms with Crippen LogP contribution in [0, 0.1) is 6.92 Å². The second-order valence-electron chi connectivity index (χ2n) is 4.52. The van der Waals surface area contributed by atoms with Crippen LogP contribution in [0.2, 0.25) is 0 Å². The first-order valence-corrected chi connectivity index (χ1v) is 6.29. The molecule has 0 unspecified atom stereocenters. The highest BCUT2D eigenvalue weighted by atomic mass is 16.5. The minimum Gasteiger partial charge on any atom is -0.493 e. The molecule has 21 heavy (non-hydrogen) atoms. The van der Waals surface area contributed by atoms with Crippen molar-refractivity contribution in [3.05, 3.63) is 29.6 Å². The molecule has 0 saturated carbocycles. The predicted molar refractivity (Wildman–Crippen MR) is 79.9 cm³/mol. The third-order valence-electron chi connectivity index (χ3n) is 3.28. The van der Waals surface area contributed by atoms with E-state index in [0.717, 1.165) is 5.69 Å². The fraction of sp³-hybridized carbons (Fsp3) is 0.286. The summed E-state index contributed by atoms with van der Waals surface area (Å²) < 4.78 is 12.0. The number of ether oxygens (including phenoxy) is 2. The zero-order valence-corrected chi connectivity index (χ0v) is 12.4. The van der Waals surface area contributed by atoms with Crippen LogP contribution >= 0.6 is 0 Å². The van der Waals surface area contributed by atoms with Crippen molar-refractivity contribution in [2.75, 3.05) is 25.3 Å². The number of nitrogens with one attached hydrogen (secondary N) is 1. The molecule has 2 aromatic rings. The van der Waals surface area contributed by atoms with E-state index in [1.54, 1.807) is 23.9 Å². The SMILES string of the molecule is COc1cc(N)c(NC(=O)c2cnn(C)c2C)cc1OC.